The molecule has 1 atom stereocenters. The summed E-state index contributed by atoms with van der Waals surface area (Å²) < 4.78 is 1.78. The number of oxime groups is 1. The first-order valence-electron chi connectivity index (χ1n) is 6.14. The molecule has 1 amide bonds. The zero-order chi connectivity index (χ0) is 13.7. The van der Waals surface area contributed by atoms with E-state index in [1.165, 1.54) is 11.8 Å². The number of hydrogen-bond acceptors (Lipinski definition) is 6. The lowest BCUT2D eigenvalue weighted by molar-refractivity contribution is -0.119. The van der Waals surface area contributed by atoms with Crippen LogP contribution in [0.1, 0.15) is 19.8 Å². The molecule has 1 aromatic heterocycles. The monoisotopic (exact) mass is 283 g/mol. The van der Waals surface area contributed by atoms with Gasteiger partial charge < -0.3 is 14.7 Å². The third kappa shape index (κ3) is 3.95. The predicted octanol–water partition coefficient (Wildman–Crippen LogP) is 0.578. The van der Waals surface area contributed by atoms with Gasteiger partial charge in [-0.15, -0.1) is 10.2 Å². The Bertz CT molecular complexity index is 473. The van der Waals surface area contributed by atoms with E-state index in [9.17, 15) is 4.79 Å². The Labute approximate surface area is 115 Å². The van der Waals surface area contributed by atoms with E-state index in [-0.39, 0.29) is 12.0 Å². The summed E-state index contributed by atoms with van der Waals surface area (Å²) in [7, 11) is 1.84. The summed E-state index contributed by atoms with van der Waals surface area (Å²) >= 11 is 1.36. The van der Waals surface area contributed by atoms with Crippen molar-refractivity contribution in [2.24, 2.45) is 12.2 Å². The molecular weight excluding hydrogens is 266 g/mol. The second-order valence-corrected chi connectivity index (χ2v) is 5.20. The number of amides is 1. The van der Waals surface area contributed by atoms with Crippen LogP contribution in [0.4, 0.5) is 0 Å². The number of nitrogens with one attached hydrogen (secondary N) is 1. The van der Waals surface area contributed by atoms with Gasteiger partial charge in [-0.25, -0.2) is 0 Å². The highest BCUT2D eigenvalue weighted by Gasteiger charge is 2.20. The van der Waals surface area contributed by atoms with Gasteiger partial charge in [0, 0.05) is 13.5 Å². The molecule has 0 aromatic carbocycles. The van der Waals surface area contributed by atoms with Crippen molar-refractivity contribution in [3.63, 3.8) is 0 Å². The fraction of sp³-hybridized carbons (Fsp3) is 0.636. The SMILES string of the molecule is CCC1=NOC(CNC(=O)CSc2nncn2C)C1. The fourth-order valence-corrected chi connectivity index (χ4v) is 2.33. The second-order valence-electron chi connectivity index (χ2n) is 4.26. The number of rotatable bonds is 6. The Morgan fingerprint density at radius 3 is 3.16 bits per heavy atom. The summed E-state index contributed by atoms with van der Waals surface area (Å²) in [6.07, 6.45) is 3.27. The van der Waals surface area contributed by atoms with Crippen molar-refractivity contribution in [2.45, 2.75) is 31.0 Å². The Morgan fingerprint density at radius 2 is 2.53 bits per heavy atom. The van der Waals surface area contributed by atoms with Crippen LogP contribution in [0.3, 0.4) is 0 Å². The molecule has 19 heavy (non-hydrogen) atoms. The van der Waals surface area contributed by atoms with Crippen molar-refractivity contribution in [1.82, 2.24) is 20.1 Å². The minimum Gasteiger partial charge on any atom is -0.390 e. The number of carbonyl (C=O) groups excluding carboxylic acids is 1. The number of hydrogen-bond donors (Lipinski definition) is 1. The molecule has 1 unspecified atom stereocenters. The van der Waals surface area contributed by atoms with Gasteiger partial charge in [0.25, 0.3) is 0 Å². The maximum Gasteiger partial charge on any atom is 0.230 e. The summed E-state index contributed by atoms with van der Waals surface area (Å²) in [4.78, 5) is 16.9. The Hall–Kier alpha value is -1.57. The van der Waals surface area contributed by atoms with Gasteiger partial charge >= 0.3 is 0 Å². The maximum atomic E-state index is 11.7. The number of carbonyl (C=O) groups is 1. The summed E-state index contributed by atoms with van der Waals surface area (Å²) in [6.45, 7) is 2.53. The van der Waals surface area contributed by atoms with E-state index >= 15 is 0 Å². The molecule has 2 rings (SSSR count). The average Bonchev–Trinajstić information content (AvgIpc) is 3.02. The van der Waals surface area contributed by atoms with Crippen LogP contribution < -0.4 is 5.32 Å². The Morgan fingerprint density at radius 1 is 1.68 bits per heavy atom. The molecule has 0 spiro atoms. The fourth-order valence-electron chi connectivity index (χ4n) is 1.62. The number of aromatic nitrogens is 3. The zero-order valence-corrected chi connectivity index (χ0v) is 11.8. The molecule has 0 bridgehead atoms. The molecular formula is C11H17N5O2S. The van der Waals surface area contributed by atoms with Gasteiger partial charge in [0.2, 0.25) is 5.91 Å². The van der Waals surface area contributed by atoms with E-state index < -0.39 is 0 Å². The average molecular weight is 283 g/mol. The Kier molecular flexibility index (Phi) is 4.78. The van der Waals surface area contributed by atoms with E-state index in [0.717, 1.165) is 23.7 Å². The smallest absolute Gasteiger partial charge is 0.230 e. The van der Waals surface area contributed by atoms with Gasteiger partial charge in [0.05, 0.1) is 18.0 Å². The standard InChI is InChI=1S/C11H17N5O2S/c1-3-8-4-9(18-15-8)5-12-10(17)6-19-11-14-13-7-16(11)2/h7,9H,3-6H2,1-2H3,(H,12,17). The lowest BCUT2D eigenvalue weighted by Crippen LogP contribution is -2.33. The van der Waals surface area contributed by atoms with Crippen molar-refractivity contribution in [3.05, 3.63) is 6.33 Å². The van der Waals surface area contributed by atoms with Gasteiger partial charge in [0.15, 0.2) is 5.16 Å². The summed E-state index contributed by atoms with van der Waals surface area (Å²) in [5.41, 5.74) is 1.05. The van der Waals surface area contributed by atoms with Crippen molar-refractivity contribution in [3.8, 4) is 0 Å². The first-order chi connectivity index (χ1) is 9.19. The van der Waals surface area contributed by atoms with E-state index in [1.54, 1.807) is 10.9 Å². The van der Waals surface area contributed by atoms with Crippen LogP contribution in [0.25, 0.3) is 0 Å². The molecule has 1 N–H and O–H groups in total. The van der Waals surface area contributed by atoms with Gasteiger partial charge in [-0.1, -0.05) is 23.8 Å². The van der Waals surface area contributed by atoms with E-state index in [1.807, 2.05) is 14.0 Å². The van der Waals surface area contributed by atoms with Crippen LogP contribution in [-0.4, -0.2) is 44.8 Å². The molecule has 2 heterocycles. The molecule has 0 fully saturated rings. The molecule has 0 radical (unpaired) electrons. The molecule has 8 heteroatoms. The van der Waals surface area contributed by atoms with Crippen molar-refractivity contribution >= 4 is 23.4 Å². The van der Waals surface area contributed by atoms with Crippen LogP contribution in [0.5, 0.6) is 0 Å². The zero-order valence-electron chi connectivity index (χ0n) is 11.0. The molecule has 1 aliphatic heterocycles. The highest BCUT2D eigenvalue weighted by molar-refractivity contribution is 7.99. The van der Waals surface area contributed by atoms with Gasteiger partial charge in [-0.2, -0.15) is 0 Å². The van der Waals surface area contributed by atoms with Crippen LogP contribution in [0.2, 0.25) is 0 Å². The molecule has 0 aliphatic carbocycles. The third-order valence-electron chi connectivity index (χ3n) is 2.73. The first kappa shape index (κ1) is 13.9. The highest BCUT2D eigenvalue weighted by Crippen LogP contribution is 2.13. The first-order valence-corrected chi connectivity index (χ1v) is 7.12. The van der Waals surface area contributed by atoms with Gasteiger partial charge in [0.1, 0.15) is 12.4 Å². The normalized spacial score (nSPS) is 18.0. The van der Waals surface area contributed by atoms with E-state index in [4.69, 9.17) is 4.84 Å². The number of nitrogens with zero attached hydrogens (tertiary/aromatic N) is 4. The van der Waals surface area contributed by atoms with Crippen LogP contribution >= 0.6 is 11.8 Å². The summed E-state index contributed by atoms with van der Waals surface area (Å²) in [6, 6.07) is 0. The van der Waals surface area contributed by atoms with Gasteiger partial charge in [-0.3, -0.25) is 4.79 Å². The molecule has 0 saturated carbocycles. The van der Waals surface area contributed by atoms with E-state index in [0.29, 0.717) is 12.3 Å². The molecule has 1 aromatic rings. The number of aryl methyl sites for hydroxylation is 1. The topological polar surface area (TPSA) is 81.4 Å². The minimum atomic E-state index is -0.0402. The maximum absolute atomic E-state index is 11.7. The predicted molar refractivity (Wildman–Crippen MR) is 72.0 cm³/mol. The van der Waals surface area contributed by atoms with Crippen LogP contribution in [0.15, 0.2) is 16.6 Å². The minimum absolute atomic E-state index is 0.0290. The van der Waals surface area contributed by atoms with Crippen molar-refractivity contribution in [1.29, 1.82) is 0 Å². The molecule has 0 saturated heterocycles. The lowest BCUT2D eigenvalue weighted by Gasteiger charge is -2.09. The third-order valence-corrected chi connectivity index (χ3v) is 3.77. The number of thioether (sulfide) groups is 1. The summed E-state index contributed by atoms with van der Waals surface area (Å²) in [5.74, 6) is 0.280. The van der Waals surface area contributed by atoms with Crippen LogP contribution in [0, 0.1) is 0 Å². The van der Waals surface area contributed by atoms with Gasteiger partial charge in [-0.05, 0) is 6.42 Å². The summed E-state index contributed by atoms with van der Waals surface area (Å²) in [5, 5.41) is 15.2. The van der Waals surface area contributed by atoms with Crippen LogP contribution in [-0.2, 0) is 16.7 Å². The lowest BCUT2D eigenvalue weighted by atomic mass is 10.1. The van der Waals surface area contributed by atoms with E-state index in [2.05, 4.69) is 20.7 Å². The molecule has 7 nitrogen and oxygen atoms in total. The molecule has 1 aliphatic rings. The largest absolute Gasteiger partial charge is 0.390 e. The molecule has 104 valence electrons. The second kappa shape index (κ2) is 6.55. The Balaban J connectivity index is 1.64. The quantitative estimate of drug-likeness (QED) is 0.772. The highest BCUT2D eigenvalue weighted by atomic mass is 32.2. The van der Waals surface area contributed by atoms with Crippen molar-refractivity contribution in [2.75, 3.05) is 12.3 Å². The van der Waals surface area contributed by atoms with Crippen molar-refractivity contribution < 1.29 is 9.63 Å².